The van der Waals surface area contributed by atoms with E-state index in [2.05, 4.69) is 4.72 Å². The third-order valence-electron chi connectivity index (χ3n) is 4.88. The lowest BCUT2D eigenvalue weighted by Crippen LogP contribution is -2.38. The zero-order chi connectivity index (χ0) is 18.9. The number of rotatable bonds is 5. The van der Waals surface area contributed by atoms with Crippen molar-refractivity contribution in [3.8, 4) is 0 Å². The summed E-state index contributed by atoms with van der Waals surface area (Å²) in [6, 6.07) is 3.30. The van der Waals surface area contributed by atoms with Crippen LogP contribution in [0.25, 0.3) is 0 Å². The fraction of sp³-hybridized carbons (Fsp3) is 0.647. The van der Waals surface area contributed by atoms with Crippen LogP contribution in [0.15, 0.2) is 17.0 Å². The van der Waals surface area contributed by atoms with Crippen molar-refractivity contribution in [2.45, 2.75) is 50.5 Å². The zero-order valence-electron chi connectivity index (χ0n) is 15.2. The Kier molecular flexibility index (Phi) is 5.62. The van der Waals surface area contributed by atoms with E-state index < -0.39 is 20.0 Å². The first-order valence-electron chi connectivity index (χ1n) is 8.94. The van der Waals surface area contributed by atoms with Gasteiger partial charge in [0.2, 0.25) is 20.0 Å². The monoisotopic (exact) mass is 402 g/mol. The van der Waals surface area contributed by atoms with Crippen LogP contribution in [0.4, 0.5) is 5.69 Å². The molecule has 3 rings (SSSR count). The molecule has 0 radical (unpaired) electrons. The molecule has 0 spiro atoms. The lowest BCUT2D eigenvalue weighted by atomic mass is 10.1. The molecule has 0 aromatic heterocycles. The van der Waals surface area contributed by atoms with Crippen LogP contribution >= 0.6 is 0 Å². The quantitative estimate of drug-likeness (QED) is 0.809. The highest BCUT2D eigenvalue weighted by molar-refractivity contribution is 7.92. The molecule has 1 atom stereocenters. The Hall–Kier alpha value is -1.16. The average Bonchev–Trinajstić information content (AvgIpc) is 3.05. The molecule has 2 aliphatic rings. The van der Waals surface area contributed by atoms with E-state index in [4.69, 9.17) is 4.74 Å². The Balaban J connectivity index is 1.87. The van der Waals surface area contributed by atoms with Crippen LogP contribution in [0.2, 0.25) is 0 Å². The summed E-state index contributed by atoms with van der Waals surface area (Å²) in [5, 5.41) is 0. The smallest absolute Gasteiger partial charge is 0.241 e. The van der Waals surface area contributed by atoms with Gasteiger partial charge in [0, 0.05) is 19.7 Å². The fourth-order valence-corrected chi connectivity index (χ4v) is 6.79. The molecule has 2 fully saturated rings. The molecular formula is C17H26N2O5S2. The van der Waals surface area contributed by atoms with Gasteiger partial charge in [-0.15, -0.1) is 0 Å². The third kappa shape index (κ3) is 4.05. The minimum absolute atomic E-state index is 0.0804. The molecule has 0 amide bonds. The van der Waals surface area contributed by atoms with E-state index >= 15 is 0 Å². The maximum atomic E-state index is 12.7. The number of ether oxygens (including phenoxy) is 1. The molecule has 2 aliphatic heterocycles. The van der Waals surface area contributed by atoms with Crippen molar-refractivity contribution in [1.82, 2.24) is 4.72 Å². The molecule has 0 saturated carbocycles. The summed E-state index contributed by atoms with van der Waals surface area (Å²) in [5.41, 5.74) is 1.62. The Morgan fingerprint density at radius 3 is 2.46 bits per heavy atom. The number of hydrogen-bond acceptors (Lipinski definition) is 5. The summed E-state index contributed by atoms with van der Waals surface area (Å²) in [5.74, 6) is 0.133. The van der Waals surface area contributed by atoms with Gasteiger partial charge in [0.15, 0.2) is 0 Å². The van der Waals surface area contributed by atoms with Crippen molar-refractivity contribution < 1.29 is 21.6 Å². The first-order valence-corrected chi connectivity index (χ1v) is 12.0. The molecule has 0 unspecified atom stereocenters. The predicted octanol–water partition coefficient (Wildman–Crippen LogP) is 1.69. The first kappa shape index (κ1) is 19.6. The summed E-state index contributed by atoms with van der Waals surface area (Å²) < 4.78 is 59.6. The minimum Gasteiger partial charge on any atom is -0.377 e. The van der Waals surface area contributed by atoms with Crippen LogP contribution in [0.5, 0.6) is 0 Å². The van der Waals surface area contributed by atoms with Gasteiger partial charge in [0.1, 0.15) is 0 Å². The molecule has 2 saturated heterocycles. The van der Waals surface area contributed by atoms with Gasteiger partial charge in [-0.25, -0.2) is 21.6 Å². The predicted molar refractivity (Wildman–Crippen MR) is 100 cm³/mol. The van der Waals surface area contributed by atoms with Gasteiger partial charge in [0.25, 0.3) is 0 Å². The van der Waals surface area contributed by atoms with E-state index in [0.29, 0.717) is 36.4 Å². The maximum absolute atomic E-state index is 12.7. The van der Waals surface area contributed by atoms with Crippen LogP contribution in [-0.4, -0.2) is 48.4 Å². The summed E-state index contributed by atoms with van der Waals surface area (Å²) in [6.45, 7) is 4.76. The van der Waals surface area contributed by atoms with Crippen LogP contribution in [0.3, 0.4) is 0 Å². The number of nitrogens with one attached hydrogen (secondary N) is 1. The van der Waals surface area contributed by atoms with E-state index in [0.717, 1.165) is 19.3 Å². The maximum Gasteiger partial charge on any atom is 0.241 e. The van der Waals surface area contributed by atoms with E-state index in [1.165, 1.54) is 4.31 Å². The number of benzene rings is 1. The van der Waals surface area contributed by atoms with Crippen LogP contribution < -0.4 is 9.03 Å². The van der Waals surface area contributed by atoms with E-state index in [9.17, 15) is 16.8 Å². The van der Waals surface area contributed by atoms with Gasteiger partial charge in [-0.05, 0) is 62.8 Å². The number of anilines is 1. The second kappa shape index (κ2) is 7.46. The average molecular weight is 403 g/mol. The Morgan fingerprint density at radius 1 is 1.19 bits per heavy atom. The van der Waals surface area contributed by atoms with E-state index in [1.807, 2.05) is 0 Å². The molecule has 0 bridgehead atoms. The Labute approximate surface area is 155 Å². The van der Waals surface area contributed by atoms with Gasteiger partial charge in [0.05, 0.1) is 22.4 Å². The third-order valence-corrected chi connectivity index (χ3v) is 8.47. The highest BCUT2D eigenvalue weighted by atomic mass is 32.2. The lowest BCUT2D eigenvalue weighted by Gasteiger charge is -2.29. The zero-order valence-corrected chi connectivity index (χ0v) is 16.8. The van der Waals surface area contributed by atoms with Gasteiger partial charge in [-0.3, -0.25) is 4.31 Å². The SMILES string of the molecule is Cc1cc(N2CCCCS2(=O)=O)cc(C)c1S(=O)(=O)NC[C@@H]1CCCO1. The molecule has 7 nitrogen and oxygen atoms in total. The lowest BCUT2D eigenvalue weighted by molar-refractivity contribution is 0.114. The van der Waals surface area contributed by atoms with Crippen LogP contribution in [0.1, 0.15) is 36.8 Å². The molecule has 2 heterocycles. The highest BCUT2D eigenvalue weighted by Gasteiger charge is 2.29. The van der Waals surface area contributed by atoms with Crippen LogP contribution in [-0.2, 0) is 24.8 Å². The van der Waals surface area contributed by atoms with Gasteiger partial charge in [-0.2, -0.15) is 0 Å². The topological polar surface area (TPSA) is 92.8 Å². The van der Waals surface area contributed by atoms with Crippen molar-refractivity contribution >= 4 is 25.7 Å². The second-order valence-corrected chi connectivity index (χ2v) is 10.7. The number of hydrogen-bond donors (Lipinski definition) is 1. The van der Waals surface area contributed by atoms with Crippen LogP contribution in [0, 0.1) is 13.8 Å². The van der Waals surface area contributed by atoms with Crippen molar-refractivity contribution in [2.75, 3.05) is 29.8 Å². The summed E-state index contributed by atoms with van der Waals surface area (Å²) in [7, 11) is -7.01. The molecule has 1 aromatic carbocycles. The number of aryl methyl sites for hydroxylation is 2. The van der Waals surface area contributed by atoms with Crippen molar-refractivity contribution in [3.05, 3.63) is 23.3 Å². The van der Waals surface area contributed by atoms with Gasteiger partial charge in [-0.1, -0.05) is 0 Å². The summed E-state index contributed by atoms with van der Waals surface area (Å²) in [4.78, 5) is 0.216. The normalized spacial score (nSPS) is 23.3. The molecule has 1 N–H and O–H groups in total. The molecule has 9 heteroatoms. The van der Waals surface area contributed by atoms with Gasteiger partial charge >= 0.3 is 0 Å². The molecule has 1 aromatic rings. The molecular weight excluding hydrogens is 376 g/mol. The second-order valence-electron chi connectivity index (χ2n) is 6.99. The minimum atomic E-state index is -3.68. The van der Waals surface area contributed by atoms with Gasteiger partial charge < -0.3 is 4.74 Å². The standard InChI is InChI=1S/C17H26N2O5S2/c1-13-10-15(19-7-3-4-9-25(19,20)21)11-14(2)17(13)26(22,23)18-12-16-6-5-8-24-16/h10-11,16,18H,3-9,12H2,1-2H3/t16-/m0/s1. The van der Waals surface area contributed by atoms with E-state index in [1.54, 1.807) is 26.0 Å². The molecule has 0 aliphatic carbocycles. The van der Waals surface area contributed by atoms with Crippen molar-refractivity contribution in [3.63, 3.8) is 0 Å². The Morgan fingerprint density at radius 2 is 1.88 bits per heavy atom. The first-order chi connectivity index (χ1) is 12.2. The molecule has 146 valence electrons. The fourth-order valence-electron chi connectivity index (χ4n) is 3.65. The van der Waals surface area contributed by atoms with E-state index in [-0.39, 0.29) is 23.3 Å². The molecule has 26 heavy (non-hydrogen) atoms. The van der Waals surface area contributed by atoms with Crippen molar-refractivity contribution in [2.24, 2.45) is 0 Å². The summed E-state index contributed by atoms with van der Waals surface area (Å²) >= 11 is 0. The highest BCUT2D eigenvalue weighted by Crippen LogP contribution is 2.30. The largest absolute Gasteiger partial charge is 0.377 e. The Bertz CT molecular complexity index is 851. The number of sulfonamides is 2. The summed E-state index contributed by atoms with van der Waals surface area (Å²) in [6.07, 6.45) is 3.19. The van der Waals surface area contributed by atoms with Crippen molar-refractivity contribution in [1.29, 1.82) is 0 Å². The number of nitrogens with zero attached hydrogens (tertiary/aromatic N) is 1.